The summed E-state index contributed by atoms with van der Waals surface area (Å²) >= 11 is 0. The lowest BCUT2D eigenvalue weighted by Gasteiger charge is -2.22. The van der Waals surface area contributed by atoms with Gasteiger partial charge in [0.25, 0.3) is 0 Å². The van der Waals surface area contributed by atoms with Crippen molar-refractivity contribution in [1.82, 2.24) is 0 Å². The molecule has 134 valence electrons. The van der Waals surface area contributed by atoms with Gasteiger partial charge in [0.05, 0.1) is 5.57 Å². The van der Waals surface area contributed by atoms with E-state index in [1.807, 2.05) is 26.0 Å². The van der Waals surface area contributed by atoms with E-state index in [4.69, 9.17) is 14.2 Å². The Morgan fingerprint density at radius 1 is 1.28 bits per heavy atom. The van der Waals surface area contributed by atoms with E-state index in [-0.39, 0.29) is 12.2 Å². The zero-order chi connectivity index (χ0) is 18.6. The molecule has 0 spiro atoms. The number of fused-ring (bicyclic) bond motifs is 1. The van der Waals surface area contributed by atoms with E-state index in [0.29, 0.717) is 18.4 Å². The number of esters is 3. The Kier molecular flexibility index (Phi) is 5.99. The third kappa shape index (κ3) is 4.94. The van der Waals surface area contributed by atoms with Crippen LogP contribution in [0.1, 0.15) is 40.5 Å². The van der Waals surface area contributed by atoms with Gasteiger partial charge in [0, 0.05) is 25.8 Å². The molecule has 0 saturated heterocycles. The largest absolute Gasteiger partial charge is 0.461 e. The number of rotatable bonds is 3. The first kappa shape index (κ1) is 18.7. The zero-order valence-corrected chi connectivity index (χ0v) is 14.9. The quantitative estimate of drug-likeness (QED) is 0.338. The highest BCUT2D eigenvalue weighted by Crippen LogP contribution is 2.32. The molecule has 2 atom stereocenters. The normalized spacial score (nSPS) is 23.3. The fraction of sp³-hybridized carbons (Fsp3) is 0.474. The Morgan fingerprint density at radius 3 is 2.64 bits per heavy atom. The Bertz CT molecular complexity index is 718. The van der Waals surface area contributed by atoms with Crippen LogP contribution in [-0.4, -0.2) is 36.7 Å². The van der Waals surface area contributed by atoms with Gasteiger partial charge < -0.3 is 14.2 Å². The maximum absolute atomic E-state index is 12.3. The van der Waals surface area contributed by atoms with Gasteiger partial charge in [-0.1, -0.05) is 5.57 Å². The van der Waals surface area contributed by atoms with Gasteiger partial charge in [0.15, 0.2) is 0 Å². The van der Waals surface area contributed by atoms with Crippen molar-refractivity contribution in [3.63, 3.8) is 0 Å². The van der Waals surface area contributed by atoms with Crippen molar-refractivity contribution in [3.8, 4) is 0 Å². The SMILES string of the molecule is CC(=O)OCC1=C2C(C=C(C)CC=C=C(C)CC2OC(C)=O)OC1=O. The second-order valence-electron chi connectivity index (χ2n) is 6.19. The van der Waals surface area contributed by atoms with Gasteiger partial charge in [-0.3, -0.25) is 9.59 Å². The molecule has 0 N–H and O–H groups in total. The summed E-state index contributed by atoms with van der Waals surface area (Å²) in [5.74, 6) is -1.52. The molecule has 0 radical (unpaired) electrons. The van der Waals surface area contributed by atoms with Crippen molar-refractivity contribution < 1.29 is 28.6 Å². The average Bonchev–Trinajstić information content (AvgIpc) is 2.78. The highest BCUT2D eigenvalue weighted by molar-refractivity contribution is 5.93. The van der Waals surface area contributed by atoms with Gasteiger partial charge in [-0.15, -0.1) is 5.73 Å². The van der Waals surface area contributed by atoms with Crippen molar-refractivity contribution in [2.24, 2.45) is 0 Å². The first-order valence-corrected chi connectivity index (χ1v) is 8.10. The predicted molar refractivity (Wildman–Crippen MR) is 89.4 cm³/mol. The third-order valence-corrected chi connectivity index (χ3v) is 3.91. The number of ether oxygens (including phenoxy) is 3. The topological polar surface area (TPSA) is 78.9 Å². The van der Waals surface area contributed by atoms with E-state index in [2.05, 4.69) is 5.73 Å². The molecule has 1 aliphatic heterocycles. The third-order valence-electron chi connectivity index (χ3n) is 3.91. The van der Waals surface area contributed by atoms with Crippen molar-refractivity contribution in [2.45, 2.75) is 52.7 Å². The standard InChI is InChI=1S/C19H22O6/c1-11-6-5-7-12(2)9-17-18(16(8-11)24-14(4)21)15(19(22)25-17)10-23-13(3)20/h5,9,16-17H,7-8,10H2,1-4H3. The molecule has 0 aromatic carbocycles. The number of carbonyl (C=O) groups excluding carboxylic acids is 3. The molecule has 2 rings (SSSR count). The highest BCUT2D eigenvalue weighted by Gasteiger charge is 2.39. The van der Waals surface area contributed by atoms with Crippen LogP contribution in [0.4, 0.5) is 0 Å². The van der Waals surface area contributed by atoms with Crippen molar-refractivity contribution >= 4 is 17.9 Å². The van der Waals surface area contributed by atoms with Crippen LogP contribution < -0.4 is 0 Å². The molecule has 0 saturated carbocycles. The lowest BCUT2D eigenvalue weighted by molar-refractivity contribution is -0.145. The molecular weight excluding hydrogens is 324 g/mol. The second kappa shape index (κ2) is 7.99. The molecule has 0 bridgehead atoms. The van der Waals surface area contributed by atoms with E-state index in [1.54, 1.807) is 0 Å². The molecule has 25 heavy (non-hydrogen) atoms. The minimum absolute atomic E-state index is 0.205. The van der Waals surface area contributed by atoms with Crippen LogP contribution in [0.25, 0.3) is 0 Å². The number of hydrogen-bond donors (Lipinski definition) is 0. The van der Waals surface area contributed by atoms with E-state index in [9.17, 15) is 14.4 Å². The Labute approximate surface area is 146 Å². The molecule has 6 heteroatoms. The van der Waals surface area contributed by atoms with Crippen LogP contribution in [0, 0.1) is 0 Å². The summed E-state index contributed by atoms with van der Waals surface area (Å²) in [6.45, 7) is 6.18. The van der Waals surface area contributed by atoms with Crippen LogP contribution in [-0.2, 0) is 28.6 Å². The molecule has 0 aromatic rings. The molecule has 1 heterocycles. The minimum Gasteiger partial charge on any atom is -0.461 e. The summed E-state index contributed by atoms with van der Waals surface area (Å²) < 4.78 is 15.9. The fourth-order valence-corrected chi connectivity index (χ4v) is 2.82. The highest BCUT2D eigenvalue weighted by atomic mass is 16.6. The van der Waals surface area contributed by atoms with Gasteiger partial charge in [-0.05, 0) is 38.0 Å². The molecular formula is C19H22O6. The van der Waals surface area contributed by atoms with Gasteiger partial charge in [0.1, 0.15) is 18.8 Å². The van der Waals surface area contributed by atoms with E-state index < -0.39 is 30.1 Å². The smallest absolute Gasteiger partial charge is 0.338 e. The van der Waals surface area contributed by atoms with Gasteiger partial charge in [0.2, 0.25) is 0 Å². The maximum Gasteiger partial charge on any atom is 0.338 e. The average molecular weight is 346 g/mol. The Hall–Kier alpha value is -2.59. The summed E-state index contributed by atoms with van der Waals surface area (Å²) in [7, 11) is 0. The summed E-state index contributed by atoms with van der Waals surface area (Å²) in [6, 6.07) is 0. The summed E-state index contributed by atoms with van der Waals surface area (Å²) in [5, 5.41) is 0. The van der Waals surface area contributed by atoms with E-state index >= 15 is 0 Å². The van der Waals surface area contributed by atoms with E-state index in [1.165, 1.54) is 13.8 Å². The molecule has 1 aliphatic carbocycles. The van der Waals surface area contributed by atoms with Crippen LogP contribution >= 0.6 is 0 Å². The lowest BCUT2D eigenvalue weighted by atomic mass is 9.92. The monoisotopic (exact) mass is 346 g/mol. The second-order valence-corrected chi connectivity index (χ2v) is 6.19. The van der Waals surface area contributed by atoms with Crippen LogP contribution in [0.15, 0.2) is 40.2 Å². The first-order chi connectivity index (χ1) is 11.8. The van der Waals surface area contributed by atoms with Crippen molar-refractivity contribution in [3.05, 3.63) is 40.2 Å². The summed E-state index contributed by atoms with van der Waals surface area (Å²) in [4.78, 5) is 35.0. The molecule has 0 amide bonds. The number of hydrogen-bond acceptors (Lipinski definition) is 6. The molecule has 2 aliphatic rings. The predicted octanol–water partition coefficient (Wildman–Crippen LogP) is 2.54. The molecule has 0 fully saturated rings. The number of carbonyl (C=O) groups is 3. The molecule has 6 nitrogen and oxygen atoms in total. The first-order valence-electron chi connectivity index (χ1n) is 8.10. The van der Waals surface area contributed by atoms with Crippen molar-refractivity contribution in [1.29, 1.82) is 0 Å². The lowest BCUT2D eigenvalue weighted by Crippen LogP contribution is -2.26. The van der Waals surface area contributed by atoms with Crippen molar-refractivity contribution in [2.75, 3.05) is 6.61 Å². The van der Waals surface area contributed by atoms with Gasteiger partial charge >= 0.3 is 17.9 Å². The maximum atomic E-state index is 12.3. The molecule has 0 aromatic heterocycles. The summed E-state index contributed by atoms with van der Waals surface area (Å²) in [6.07, 6.45) is 3.47. The number of allylic oxidation sites excluding steroid dienone is 1. The molecule has 2 unspecified atom stereocenters. The Balaban J connectivity index is 2.54. The zero-order valence-electron chi connectivity index (χ0n) is 14.9. The van der Waals surface area contributed by atoms with Crippen LogP contribution in [0.5, 0.6) is 0 Å². The minimum atomic E-state index is -0.678. The van der Waals surface area contributed by atoms with E-state index in [0.717, 1.165) is 11.1 Å². The van der Waals surface area contributed by atoms with Crippen LogP contribution in [0.3, 0.4) is 0 Å². The Morgan fingerprint density at radius 2 is 2.00 bits per heavy atom. The van der Waals surface area contributed by atoms with Gasteiger partial charge in [-0.25, -0.2) is 4.79 Å². The van der Waals surface area contributed by atoms with Crippen LogP contribution in [0.2, 0.25) is 0 Å². The fourth-order valence-electron chi connectivity index (χ4n) is 2.82. The van der Waals surface area contributed by atoms with Gasteiger partial charge in [-0.2, -0.15) is 0 Å². The summed E-state index contributed by atoms with van der Waals surface area (Å²) in [5.41, 5.74) is 5.81.